The molecule has 0 radical (unpaired) electrons. The van der Waals surface area contributed by atoms with Gasteiger partial charge in [-0.15, -0.1) is 13.2 Å². The van der Waals surface area contributed by atoms with Crippen LogP contribution in [0, 0.1) is 23.2 Å². The minimum Gasteiger partial charge on any atom is -0.461 e. The fourth-order valence-electron chi connectivity index (χ4n) is 3.76. The predicted molar refractivity (Wildman–Crippen MR) is 73.0 cm³/mol. The van der Waals surface area contributed by atoms with Crippen LogP contribution in [0.5, 0.6) is 0 Å². The highest BCUT2D eigenvalue weighted by Crippen LogP contribution is 2.54. The number of esters is 1. The number of unbranched alkanes of at least 4 members (excludes halogenated alkanes) is 1. The minimum absolute atomic E-state index is 0.00804. The Kier molecular flexibility index (Phi) is 3.65. The summed E-state index contributed by atoms with van der Waals surface area (Å²) in [4.78, 5) is 12.0. The molecule has 4 atom stereocenters. The van der Waals surface area contributed by atoms with Gasteiger partial charge in [-0.1, -0.05) is 26.0 Å². The summed E-state index contributed by atoms with van der Waals surface area (Å²) < 4.78 is 5.66. The number of carbonyl (C=O) groups excluding carboxylic acids is 1. The van der Waals surface area contributed by atoms with Gasteiger partial charge in [0.2, 0.25) is 0 Å². The summed E-state index contributed by atoms with van der Waals surface area (Å²) in [5.41, 5.74) is 0.0897. The molecule has 0 N–H and O–H groups in total. The predicted octanol–water partition coefficient (Wildman–Crippen LogP) is 3.73. The Morgan fingerprint density at radius 2 is 2.17 bits per heavy atom. The molecule has 1 saturated heterocycles. The number of hydrogen-bond donors (Lipinski definition) is 0. The Morgan fingerprint density at radius 1 is 1.44 bits per heavy atom. The van der Waals surface area contributed by atoms with Crippen LogP contribution >= 0.6 is 0 Å². The highest BCUT2D eigenvalue weighted by atomic mass is 16.6. The molecule has 18 heavy (non-hydrogen) atoms. The molecule has 0 aromatic rings. The third-order valence-corrected chi connectivity index (χ3v) is 4.61. The van der Waals surface area contributed by atoms with Crippen LogP contribution in [-0.4, -0.2) is 12.1 Å². The average Bonchev–Trinajstić information content (AvgIpc) is 2.76. The molecule has 2 fully saturated rings. The lowest BCUT2D eigenvalue weighted by molar-refractivity contribution is -0.147. The maximum atomic E-state index is 12.0. The first-order chi connectivity index (χ1) is 8.51. The van der Waals surface area contributed by atoms with Gasteiger partial charge in [-0.3, -0.25) is 4.79 Å². The molecule has 2 nitrogen and oxygen atoms in total. The highest BCUT2D eigenvalue weighted by Gasteiger charge is 2.58. The summed E-state index contributed by atoms with van der Waals surface area (Å²) in [7, 11) is 0. The first-order valence-corrected chi connectivity index (χ1v) is 6.95. The maximum Gasteiger partial charge on any atom is 0.309 e. The summed E-state index contributed by atoms with van der Waals surface area (Å²) in [6, 6.07) is 0. The van der Waals surface area contributed by atoms with Gasteiger partial charge in [0.05, 0.1) is 5.92 Å². The molecule has 1 heterocycles. The minimum atomic E-state index is 0.00804. The molecule has 2 rings (SSSR count). The summed E-state index contributed by atoms with van der Waals surface area (Å²) >= 11 is 0. The van der Waals surface area contributed by atoms with Crippen molar-refractivity contribution < 1.29 is 9.53 Å². The van der Waals surface area contributed by atoms with Gasteiger partial charge in [-0.2, -0.15) is 0 Å². The molecule has 0 spiro atoms. The molecule has 0 aromatic heterocycles. The van der Waals surface area contributed by atoms with Gasteiger partial charge in [-0.25, -0.2) is 0 Å². The Labute approximate surface area is 110 Å². The number of fused-ring (bicyclic) bond motifs is 1. The Bertz CT molecular complexity index is 356. The van der Waals surface area contributed by atoms with Crippen molar-refractivity contribution in [3.63, 3.8) is 0 Å². The zero-order chi connectivity index (χ0) is 13.3. The number of allylic oxidation sites excluding steroid dienone is 2. The molecule has 1 saturated carbocycles. The van der Waals surface area contributed by atoms with Crippen molar-refractivity contribution in [2.75, 3.05) is 0 Å². The third kappa shape index (κ3) is 2.13. The Balaban J connectivity index is 2.14. The van der Waals surface area contributed by atoms with E-state index in [1.165, 1.54) is 0 Å². The molecule has 2 aliphatic rings. The van der Waals surface area contributed by atoms with Gasteiger partial charge < -0.3 is 4.74 Å². The summed E-state index contributed by atoms with van der Waals surface area (Å²) in [6.45, 7) is 12.1. The molecule has 100 valence electrons. The number of hydrogen-bond acceptors (Lipinski definition) is 2. The second-order valence-electron chi connectivity index (χ2n) is 6.35. The number of ether oxygens (including phenoxy) is 1. The molecule has 0 bridgehead atoms. The van der Waals surface area contributed by atoms with E-state index in [0.29, 0.717) is 11.8 Å². The fraction of sp³-hybridized carbons (Fsp3) is 0.688. The first-order valence-electron chi connectivity index (χ1n) is 6.95. The average molecular weight is 248 g/mol. The standard InChI is InChI=1S/C16H24O2/c1-5-7-8-9-12-13-11(6-2)10-16(3,4)14(13)18-15(12)17/h5-6,11-14H,1-2,7-10H2,3-4H3/t11-,12+,13+,14-/m1/s1. The van der Waals surface area contributed by atoms with Crippen molar-refractivity contribution in [1.29, 1.82) is 0 Å². The summed E-state index contributed by atoms with van der Waals surface area (Å²) in [5, 5.41) is 0. The Hall–Kier alpha value is -1.05. The van der Waals surface area contributed by atoms with E-state index >= 15 is 0 Å². The lowest BCUT2D eigenvalue weighted by atomic mass is 9.81. The zero-order valence-corrected chi connectivity index (χ0v) is 11.5. The highest BCUT2D eigenvalue weighted by molar-refractivity contribution is 5.75. The van der Waals surface area contributed by atoms with E-state index in [-0.39, 0.29) is 23.4 Å². The van der Waals surface area contributed by atoms with Crippen LogP contribution in [0.3, 0.4) is 0 Å². The normalized spacial score (nSPS) is 37.1. The summed E-state index contributed by atoms with van der Waals surface area (Å²) in [6.07, 6.45) is 8.03. The van der Waals surface area contributed by atoms with Crippen LogP contribution in [0.15, 0.2) is 25.3 Å². The molecule has 1 aliphatic carbocycles. The second kappa shape index (κ2) is 4.91. The van der Waals surface area contributed by atoms with Gasteiger partial charge in [0, 0.05) is 11.3 Å². The van der Waals surface area contributed by atoms with Crippen LogP contribution in [0.1, 0.15) is 39.5 Å². The van der Waals surface area contributed by atoms with E-state index in [0.717, 1.165) is 25.7 Å². The van der Waals surface area contributed by atoms with Crippen LogP contribution < -0.4 is 0 Å². The van der Waals surface area contributed by atoms with Crippen LogP contribution in [0.25, 0.3) is 0 Å². The smallest absolute Gasteiger partial charge is 0.309 e. The maximum absolute atomic E-state index is 12.0. The van der Waals surface area contributed by atoms with Crippen molar-refractivity contribution in [2.45, 2.75) is 45.6 Å². The lowest BCUT2D eigenvalue weighted by Gasteiger charge is -2.24. The topological polar surface area (TPSA) is 26.3 Å². The molecule has 0 amide bonds. The van der Waals surface area contributed by atoms with E-state index in [1.807, 2.05) is 12.2 Å². The van der Waals surface area contributed by atoms with E-state index in [9.17, 15) is 4.79 Å². The third-order valence-electron chi connectivity index (χ3n) is 4.61. The number of carbonyl (C=O) groups is 1. The fourth-order valence-corrected chi connectivity index (χ4v) is 3.76. The SMILES string of the molecule is C=CCCC[C@@H]1C(=O)O[C@@H]2[C@H]1[C@H](C=C)CC2(C)C. The van der Waals surface area contributed by atoms with Gasteiger partial charge in [0.15, 0.2) is 0 Å². The van der Waals surface area contributed by atoms with Crippen LogP contribution in [-0.2, 0) is 9.53 Å². The Morgan fingerprint density at radius 3 is 2.78 bits per heavy atom. The molecule has 0 unspecified atom stereocenters. The van der Waals surface area contributed by atoms with Gasteiger partial charge >= 0.3 is 5.97 Å². The molecule has 1 aliphatic heterocycles. The van der Waals surface area contributed by atoms with Gasteiger partial charge in [0.25, 0.3) is 0 Å². The molecular formula is C16H24O2. The molecule has 2 heteroatoms. The largest absolute Gasteiger partial charge is 0.461 e. The van der Waals surface area contributed by atoms with Crippen LogP contribution in [0.2, 0.25) is 0 Å². The van der Waals surface area contributed by atoms with Crippen molar-refractivity contribution in [3.8, 4) is 0 Å². The quantitative estimate of drug-likeness (QED) is 0.421. The van der Waals surface area contributed by atoms with Crippen LogP contribution in [0.4, 0.5) is 0 Å². The second-order valence-corrected chi connectivity index (χ2v) is 6.35. The molecular weight excluding hydrogens is 224 g/mol. The first kappa shape index (κ1) is 13.4. The zero-order valence-electron chi connectivity index (χ0n) is 11.5. The van der Waals surface area contributed by atoms with Gasteiger partial charge in [-0.05, 0) is 31.6 Å². The van der Waals surface area contributed by atoms with Crippen molar-refractivity contribution in [2.24, 2.45) is 23.2 Å². The van der Waals surface area contributed by atoms with Crippen molar-refractivity contribution in [1.82, 2.24) is 0 Å². The summed E-state index contributed by atoms with van der Waals surface area (Å²) in [5.74, 6) is 0.841. The van der Waals surface area contributed by atoms with E-state index in [4.69, 9.17) is 4.74 Å². The van der Waals surface area contributed by atoms with E-state index in [2.05, 4.69) is 27.0 Å². The van der Waals surface area contributed by atoms with Crippen molar-refractivity contribution >= 4 is 5.97 Å². The van der Waals surface area contributed by atoms with E-state index < -0.39 is 0 Å². The van der Waals surface area contributed by atoms with E-state index in [1.54, 1.807) is 0 Å². The van der Waals surface area contributed by atoms with Crippen molar-refractivity contribution in [3.05, 3.63) is 25.3 Å². The molecule has 0 aromatic carbocycles. The number of rotatable bonds is 5. The lowest BCUT2D eigenvalue weighted by Crippen LogP contribution is -2.27. The monoisotopic (exact) mass is 248 g/mol. The van der Waals surface area contributed by atoms with Gasteiger partial charge in [0.1, 0.15) is 6.10 Å².